The van der Waals surface area contributed by atoms with Crippen LogP contribution in [-0.2, 0) is 26.0 Å². The fourth-order valence-electron chi connectivity index (χ4n) is 2.79. The summed E-state index contributed by atoms with van der Waals surface area (Å²) in [5.41, 5.74) is 1.29. The van der Waals surface area contributed by atoms with Gasteiger partial charge in [0, 0.05) is 33.1 Å². The monoisotopic (exact) mass is 477 g/mol. The third-order valence-corrected chi connectivity index (χ3v) is 6.71. The Morgan fingerprint density at radius 1 is 1.13 bits per heavy atom. The van der Waals surface area contributed by atoms with Gasteiger partial charge in [-0.05, 0) is 24.1 Å². The van der Waals surface area contributed by atoms with Crippen LogP contribution in [0.25, 0.3) is 16.2 Å². The third-order valence-electron chi connectivity index (χ3n) is 4.33. The standard InChI is InChI=1S/C22H20ClNO5S2/c1-31(27,28)24-13-12-15-6-8-16(9-7-15)18(25)14-29-21(26)11-10-20-22(23)17-4-2-3-5-19(17)30-20/h2-11,24H,12-14H2,1H3. The molecule has 6 nitrogen and oxygen atoms in total. The lowest BCUT2D eigenvalue weighted by molar-refractivity contribution is -0.136. The number of hydrogen-bond acceptors (Lipinski definition) is 6. The number of ether oxygens (including phenoxy) is 1. The minimum Gasteiger partial charge on any atom is -0.454 e. The Morgan fingerprint density at radius 2 is 1.84 bits per heavy atom. The van der Waals surface area contributed by atoms with Crippen LogP contribution in [0, 0.1) is 0 Å². The van der Waals surface area contributed by atoms with Crippen LogP contribution in [0.4, 0.5) is 0 Å². The normalized spacial score (nSPS) is 11.8. The molecule has 0 aliphatic carbocycles. The van der Waals surface area contributed by atoms with Gasteiger partial charge in [0.1, 0.15) is 0 Å². The average Bonchev–Trinajstić information content (AvgIpc) is 3.06. The lowest BCUT2D eigenvalue weighted by Crippen LogP contribution is -2.24. The number of ketones is 1. The van der Waals surface area contributed by atoms with Gasteiger partial charge in [0.05, 0.1) is 11.3 Å². The van der Waals surface area contributed by atoms with E-state index in [0.29, 0.717) is 17.0 Å². The quantitative estimate of drug-likeness (QED) is 0.285. The molecule has 1 aromatic heterocycles. The first-order valence-corrected chi connectivity index (χ1v) is 12.4. The van der Waals surface area contributed by atoms with E-state index in [9.17, 15) is 18.0 Å². The van der Waals surface area contributed by atoms with Gasteiger partial charge in [-0.15, -0.1) is 11.3 Å². The van der Waals surface area contributed by atoms with Gasteiger partial charge in [0.25, 0.3) is 0 Å². The summed E-state index contributed by atoms with van der Waals surface area (Å²) in [6.07, 6.45) is 4.44. The fraction of sp³-hybridized carbons (Fsp3) is 0.182. The Morgan fingerprint density at radius 3 is 2.52 bits per heavy atom. The SMILES string of the molecule is CS(=O)(=O)NCCc1ccc(C(=O)COC(=O)C=Cc2sc3ccccc3c2Cl)cc1. The maximum atomic E-state index is 12.2. The van der Waals surface area contributed by atoms with E-state index in [1.807, 2.05) is 24.3 Å². The number of fused-ring (bicyclic) bond motifs is 1. The Bertz CT molecular complexity index is 1230. The minimum atomic E-state index is -3.23. The van der Waals surface area contributed by atoms with Crippen LogP contribution in [0.5, 0.6) is 0 Å². The van der Waals surface area contributed by atoms with Crippen molar-refractivity contribution in [3.63, 3.8) is 0 Å². The van der Waals surface area contributed by atoms with Crippen molar-refractivity contribution in [2.24, 2.45) is 0 Å². The van der Waals surface area contributed by atoms with Gasteiger partial charge in [-0.3, -0.25) is 4.79 Å². The highest BCUT2D eigenvalue weighted by atomic mass is 35.5. The van der Waals surface area contributed by atoms with E-state index in [1.165, 1.54) is 17.4 Å². The number of Topliss-reactive ketones (excluding diaryl/α,β-unsaturated/α-hetero) is 1. The van der Waals surface area contributed by atoms with E-state index >= 15 is 0 Å². The molecule has 1 heterocycles. The minimum absolute atomic E-state index is 0.278. The number of halogens is 1. The fourth-order valence-corrected chi connectivity index (χ4v) is 4.66. The highest BCUT2D eigenvalue weighted by Crippen LogP contribution is 2.35. The molecule has 0 aliphatic heterocycles. The summed E-state index contributed by atoms with van der Waals surface area (Å²) >= 11 is 7.80. The van der Waals surface area contributed by atoms with Crippen molar-refractivity contribution in [3.05, 3.63) is 75.6 Å². The van der Waals surface area contributed by atoms with Gasteiger partial charge < -0.3 is 4.74 Å². The predicted octanol–water partition coefficient (Wildman–Crippen LogP) is 4.09. The molecule has 0 radical (unpaired) electrons. The number of rotatable bonds is 9. The van der Waals surface area contributed by atoms with Crippen molar-refractivity contribution in [1.29, 1.82) is 0 Å². The van der Waals surface area contributed by atoms with Crippen LogP contribution < -0.4 is 4.72 Å². The summed E-state index contributed by atoms with van der Waals surface area (Å²) in [5.74, 6) is -0.965. The van der Waals surface area contributed by atoms with Crippen LogP contribution in [0.3, 0.4) is 0 Å². The largest absolute Gasteiger partial charge is 0.454 e. The number of carbonyl (C=O) groups excluding carboxylic acids is 2. The Balaban J connectivity index is 1.51. The smallest absolute Gasteiger partial charge is 0.331 e. The van der Waals surface area contributed by atoms with E-state index in [-0.39, 0.29) is 18.9 Å². The first kappa shape index (κ1) is 23.1. The molecule has 31 heavy (non-hydrogen) atoms. The van der Waals surface area contributed by atoms with Gasteiger partial charge in [-0.2, -0.15) is 0 Å². The summed E-state index contributed by atoms with van der Waals surface area (Å²) in [6, 6.07) is 14.4. The average molecular weight is 478 g/mol. The van der Waals surface area contributed by atoms with Crippen LogP contribution in [0.2, 0.25) is 5.02 Å². The number of esters is 1. The zero-order valence-corrected chi connectivity index (χ0v) is 19.0. The molecule has 0 spiro atoms. The summed E-state index contributed by atoms with van der Waals surface area (Å²) in [4.78, 5) is 25.0. The zero-order chi connectivity index (χ0) is 22.4. The van der Waals surface area contributed by atoms with Crippen molar-refractivity contribution >= 4 is 60.9 Å². The van der Waals surface area contributed by atoms with Crippen LogP contribution >= 0.6 is 22.9 Å². The molecule has 3 aromatic rings. The zero-order valence-electron chi connectivity index (χ0n) is 16.6. The molecule has 3 rings (SSSR count). The lowest BCUT2D eigenvalue weighted by Gasteiger charge is -2.05. The molecule has 0 saturated heterocycles. The topological polar surface area (TPSA) is 89.5 Å². The third kappa shape index (κ3) is 6.73. The molecule has 0 amide bonds. The van der Waals surface area contributed by atoms with E-state index in [0.717, 1.165) is 26.8 Å². The first-order chi connectivity index (χ1) is 14.7. The van der Waals surface area contributed by atoms with Crippen molar-refractivity contribution in [2.45, 2.75) is 6.42 Å². The van der Waals surface area contributed by atoms with E-state index < -0.39 is 16.0 Å². The summed E-state index contributed by atoms with van der Waals surface area (Å²) in [6.45, 7) is -0.0990. The predicted molar refractivity (Wildman–Crippen MR) is 124 cm³/mol. The van der Waals surface area contributed by atoms with E-state index in [1.54, 1.807) is 30.3 Å². The van der Waals surface area contributed by atoms with E-state index in [2.05, 4.69) is 4.72 Å². The second-order valence-corrected chi connectivity index (χ2v) is 10.0. The molecular formula is C22H20ClNO5S2. The molecule has 9 heteroatoms. The van der Waals surface area contributed by atoms with Crippen molar-refractivity contribution in [3.8, 4) is 0 Å². The first-order valence-electron chi connectivity index (χ1n) is 9.31. The molecule has 0 bridgehead atoms. The molecule has 162 valence electrons. The summed E-state index contributed by atoms with van der Waals surface area (Å²) < 4.78 is 30.6. The second kappa shape index (κ2) is 10.2. The highest BCUT2D eigenvalue weighted by Gasteiger charge is 2.10. The van der Waals surface area contributed by atoms with Gasteiger partial charge in [-0.1, -0.05) is 54.1 Å². The van der Waals surface area contributed by atoms with Gasteiger partial charge in [0.2, 0.25) is 10.0 Å². The summed E-state index contributed by atoms with van der Waals surface area (Å²) in [5, 5.41) is 1.50. The number of nitrogens with one attached hydrogen (secondary N) is 1. The van der Waals surface area contributed by atoms with Gasteiger partial charge >= 0.3 is 5.97 Å². The van der Waals surface area contributed by atoms with E-state index in [4.69, 9.17) is 16.3 Å². The van der Waals surface area contributed by atoms with Gasteiger partial charge in [-0.25, -0.2) is 17.9 Å². The number of sulfonamides is 1. The molecule has 0 saturated carbocycles. The second-order valence-electron chi connectivity index (χ2n) is 6.75. The molecule has 1 N–H and O–H groups in total. The Kier molecular flexibility index (Phi) is 7.61. The van der Waals surface area contributed by atoms with Crippen LogP contribution in [-0.4, -0.2) is 39.6 Å². The number of carbonyl (C=O) groups is 2. The molecule has 0 fully saturated rings. The van der Waals surface area contributed by atoms with Crippen LogP contribution in [0.15, 0.2) is 54.6 Å². The maximum absolute atomic E-state index is 12.2. The van der Waals surface area contributed by atoms with Crippen molar-refractivity contribution in [2.75, 3.05) is 19.4 Å². The highest BCUT2D eigenvalue weighted by molar-refractivity contribution is 7.88. The maximum Gasteiger partial charge on any atom is 0.331 e. The van der Waals surface area contributed by atoms with Crippen LogP contribution in [0.1, 0.15) is 20.8 Å². The molecule has 0 atom stereocenters. The molecular weight excluding hydrogens is 458 g/mol. The lowest BCUT2D eigenvalue weighted by atomic mass is 10.1. The molecule has 0 unspecified atom stereocenters. The Labute approximate surface area is 189 Å². The van der Waals surface area contributed by atoms with Gasteiger partial charge in [0.15, 0.2) is 12.4 Å². The van der Waals surface area contributed by atoms with Crippen molar-refractivity contribution < 1.29 is 22.7 Å². The number of benzene rings is 2. The molecule has 0 aliphatic rings. The number of hydrogen-bond donors (Lipinski definition) is 1. The summed E-state index contributed by atoms with van der Waals surface area (Å²) in [7, 11) is -3.23. The Hall–Kier alpha value is -2.52. The number of thiophene rings is 1. The molecule has 2 aromatic carbocycles. The van der Waals surface area contributed by atoms with Crippen molar-refractivity contribution in [1.82, 2.24) is 4.72 Å².